The van der Waals surface area contributed by atoms with Crippen molar-refractivity contribution in [1.29, 1.82) is 0 Å². The van der Waals surface area contributed by atoms with Crippen molar-refractivity contribution >= 4 is 0 Å². The highest BCUT2D eigenvalue weighted by Crippen LogP contribution is 2.31. The third-order valence-corrected chi connectivity index (χ3v) is 3.83. The molecule has 2 rings (SSSR count). The molecule has 5 heteroatoms. The SMILES string of the molecule is CCCNC1CCCc2cn(CCCC(F)(F)F)cc21. The van der Waals surface area contributed by atoms with E-state index in [0.717, 1.165) is 32.2 Å². The van der Waals surface area contributed by atoms with E-state index in [2.05, 4.69) is 12.2 Å². The molecule has 1 aliphatic rings. The van der Waals surface area contributed by atoms with E-state index in [1.807, 2.05) is 17.0 Å². The van der Waals surface area contributed by atoms with Crippen LogP contribution < -0.4 is 5.32 Å². The second-order valence-corrected chi connectivity index (χ2v) is 5.59. The van der Waals surface area contributed by atoms with E-state index >= 15 is 0 Å². The number of hydrogen-bond donors (Lipinski definition) is 1. The van der Waals surface area contributed by atoms with Gasteiger partial charge in [0.1, 0.15) is 0 Å². The number of aryl methyl sites for hydroxylation is 2. The van der Waals surface area contributed by atoms with E-state index in [-0.39, 0.29) is 6.42 Å². The first-order valence-electron chi connectivity index (χ1n) is 7.48. The molecular weight excluding hydrogens is 265 g/mol. The lowest BCUT2D eigenvalue weighted by atomic mass is 9.91. The summed E-state index contributed by atoms with van der Waals surface area (Å²) >= 11 is 0. The summed E-state index contributed by atoms with van der Waals surface area (Å²) in [5.41, 5.74) is 2.59. The lowest BCUT2D eigenvalue weighted by Gasteiger charge is -2.23. The maximum atomic E-state index is 12.2. The molecule has 0 saturated heterocycles. The molecule has 0 spiro atoms. The van der Waals surface area contributed by atoms with Gasteiger partial charge in [0.25, 0.3) is 0 Å². The average molecular weight is 288 g/mol. The maximum absolute atomic E-state index is 12.2. The number of alkyl halides is 3. The largest absolute Gasteiger partial charge is 0.389 e. The van der Waals surface area contributed by atoms with Crippen molar-refractivity contribution in [1.82, 2.24) is 9.88 Å². The van der Waals surface area contributed by atoms with Gasteiger partial charge >= 0.3 is 6.18 Å². The van der Waals surface area contributed by atoms with Crippen LogP contribution >= 0.6 is 0 Å². The van der Waals surface area contributed by atoms with Crippen molar-refractivity contribution in [3.63, 3.8) is 0 Å². The first-order chi connectivity index (χ1) is 9.49. The van der Waals surface area contributed by atoms with E-state index in [9.17, 15) is 13.2 Å². The van der Waals surface area contributed by atoms with Crippen LogP contribution in [0, 0.1) is 0 Å². The van der Waals surface area contributed by atoms with Gasteiger partial charge in [-0.2, -0.15) is 13.2 Å². The molecule has 1 atom stereocenters. The van der Waals surface area contributed by atoms with E-state index in [1.54, 1.807) is 0 Å². The summed E-state index contributed by atoms with van der Waals surface area (Å²) in [5.74, 6) is 0. The zero-order valence-electron chi connectivity index (χ0n) is 12.0. The van der Waals surface area contributed by atoms with Gasteiger partial charge in [0.15, 0.2) is 0 Å². The topological polar surface area (TPSA) is 17.0 Å². The van der Waals surface area contributed by atoms with Gasteiger partial charge in [0, 0.05) is 31.4 Å². The van der Waals surface area contributed by atoms with Crippen LogP contribution in [-0.2, 0) is 13.0 Å². The second-order valence-electron chi connectivity index (χ2n) is 5.59. The van der Waals surface area contributed by atoms with Crippen LogP contribution in [0.4, 0.5) is 13.2 Å². The molecule has 1 aromatic rings. The zero-order valence-corrected chi connectivity index (χ0v) is 12.0. The fourth-order valence-corrected chi connectivity index (χ4v) is 2.87. The predicted molar refractivity (Wildman–Crippen MR) is 73.7 cm³/mol. The zero-order chi connectivity index (χ0) is 14.6. The molecule has 1 aromatic heterocycles. The number of nitrogens with zero attached hydrogens (tertiary/aromatic N) is 1. The Kier molecular flexibility index (Phi) is 5.13. The van der Waals surface area contributed by atoms with Gasteiger partial charge in [-0.15, -0.1) is 0 Å². The molecule has 0 radical (unpaired) electrons. The van der Waals surface area contributed by atoms with Crippen LogP contribution in [0.15, 0.2) is 12.4 Å². The Morgan fingerprint density at radius 3 is 2.85 bits per heavy atom. The van der Waals surface area contributed by atoms with Crippen LogP contribution in [0.3, 0.4) is 0 Å². The molecule has 1 N–H and O–H groups in total. The quantitative estimate of drug-likeness (QED) is 0.830. The standard InChI is InChI=1S/C15H23F3N2/c1-2-8-19-14-6-3-5-12-10-20(11-13(12)14)9-4-7-15(16,17)18/h10-11,14,19H,2-9H2,1H3. The molecular formula is C15H23F3N2. The smallest absolute Gasteiger partial charge is 0.354 e. The average Bonchev–Trinajstić information content (AvgIpc) is 2.78. The summed E-state index contributed by atoms with van der Waals surface area (Å²) in [6.07, 6.45) is 3.91. The van der Waals surface area contributed by atoms with E-state index in [1.165, 1.54) is 11.1 Å². The van der Waals surface area contributed by atoms with Crippen molar-refractivity contribution in [3.8, 4) is 0 Å². The minimum Gasteiger partial charge on any atom is -0.354 e. The van der Waals surface area contributed by atoms with Gasteiger partial charge in [-0.05, 0) is 49.8 Å². The molecule has 0 bridgehead atoms. The Morgan fingerprint density at radius 2 is 2.15 bits per heavy atom. The van der Waals surface area contributed by atoms with Gasteiger partial charge in [-0.25, -0.2) is 0 Å². The predicted octanol–water partition coefficient (Wildman–Crippen LogP) is 4.21. The third kappa shape index (κ3) is 4.27. The van der Waals surface area contributed by atoms with E-state index in [4.69, 9.17) is 0 Å². The van der Waals surface area contributed by atoms with Crippen molar-refractivity contribution < 1.29 is 13.2 Å². The molecule has 20 heavy (non-hydrogen) atoms. The Bertz CT molecular complexity index is 423. The molecule has 2 nitrogen and oxygen atoms in total. The third-order valence-electron chi connectivity index (χ3n) is 3.83. The molecule has 0 fully saturated rings. The highest BCUT2D eigenvalue weighted by molar-refractivity contribution is 5.30. The minimum absolute atomic E-state index is 0.157. The van der Waals surface area contributed by atoms with Crippen molar-refractivity contribution in [3.05, 3.63) is 23.5 Å². The van der Waals surface area contributed by atoms with Crippen LogP contribution in [0.2, 0.25) is 0 Å². The number of fused-ring (bicyclic) bond motifs is 1. The number of halogens is 3. The highest BCUT2D eigenvalue weighted by Gasteiger charge is 2.26. The lowest BCUT2D eigenvalue weighted by molar-refractivity contribution is -0.135. The minimum atomic E-state index is -4.04. The molecule has 0 aromatic carbocycles. The van der Waals surface area contributed by atoms with E-state index in [0.29, 0.717) is 12.6 Å². The number of nitrogens with one attached hydrogen (secondary N) is 1. The molecule has 114 valence electrons. The Labute approximate surface area is 118 Å². The first kappa shape index (κ1) is 15.4. The molecule has 0 aliphatic heterocycles. The second kappa shape index (κ2) is 6.66. The summed E-state index contributed by atoms with van der Waals surface area (Å²) in [5, 5.41) is 3.53. The molecule has 1 aliphatic carbocycles. The van der Waals surface area contributed by atoms with Gasteiger partial charge in [-0.3, -0.25) is 0 Å². The van der Waals surface area contributed by atoms with Crippen LogP contribution in [0.5, 0.6) is 0 Å². The highest BCUT2D eigenvalue weighted by atomic mass is 19.4. The van der Waals surface area contributed by atoms with E-state index < -0.39 is 12.6 Å². The molecule has 1 heterocycles. The monoisotopic (exact) mass is 288 g/mol. The summed E-state index contributed by atoms with van der Waals surface area (Å²) in [4.78, 5) is 0. The molecule has 1 unspecified atom stereocenters. The Hall–Kier alpha value is -0.970. The fraction of sp³-hybridized carbons (Fsp3) is 0.733. The molecule has 0 saturated carbocycles. The number of aromatic nitrogens is 1. The Morgan fingerprint density at radius 1 is 1.35 bits per heavy atom. The maximum Gasteiger partial charge on any atom is 0.389 e. The number of hydrogen-bond acceptors (Lipinski definition) is 1. The van der Waals surface area contributed by atoms with Gasteiger partial charge in [0.2, 0.25) is 0 Å². The van der Waals surface area contributed by atoms with Crippen molar-refractivity contribution in [2.24, 2.45) is 0 Å². The van der Waals surface area contributed by atoms with Crippen LogP contribution in [0.25, 0.3) is 0 Å². The van der Waals surface area contributed by atoms with Crippen LogP contribution in [0.1, 0.15) is 56.2 Å². The van der Waals surface area contributed by atoms with Crippen molar-refractivity contribution in [2.45, 2.75) is 64.2 Å². The summed E-state index contributed by atoms with van der Waals surface area (Å²) in [6, 6.07) is 0.377. The first-order valence-corrected chi connectivity index (χ1v) is 7.48. The Balaban J connectivity index is 1.95. The molecule has 0 amide bonds. The fourth-order valence-electron chi connectivity index (χ4n) is 2.87. The summed E-state index contributed by atoms with van der Waals surface area (Å²) in [7, 11) is 0. The normalized spacial score (nSPS) is 19.1. The van der Waals surface area contributed by atoms with Crippen molar-refractivity contribution in [2.75, 3.05) is 6.54 Å². The van der Waals surface area contributed by atoms with Gasteiger partial charge < -0.3 is 9.88 Å². The number of rotatable bonds is 6. The van der Waals surface area contributed by atoms with Crippen LogP contribution in [-0.4, -0.2) is 17.3 Å². The lowest BCUT2D eigenvalue weighted by Crippen LogP contribution is -2.24. The van der Waals surface area contributed by atoms with Gasteiger partial charge in [0.05, 0.1) is 0 Å². The summed E-state index contributed by atoms with van der Waals surface area (Å²) in [6.45, 7) is 3.58. The van der Waals surface area contributed by atoms with Gasteiger partial charge in [-0.1, -0.05) is 6.92 Å². The summed E-state index contributed by atoms with van der Waals surface area (Å²) < 4.78 is 38.4.